The van der Waals surface area contributed by atoms with Crippen molar-refractivity contribution < 1.29 is 14.3 Å². The average molecular weight is 388 g/mol. The van der Waals surface area contributed by atoms with Crippen molar-refractivity contribution in [1.29, 1.82) is 0 Å². The van der Waals surface area contributed by atoms with Crippen molar-refractivity contribution in [2.75, 3.05) is 0 Å². The lowest BCUT2D eigenvalue weighted by Gasteiger charge is -2.06. The fourth-order valence-corrected chi connectivity index (χ4v) is 3.21. The number of hydrogen-bond acceptors (Lipinski definition) is 4. The topological polar surface area (TPSA) is 79.8 Å². The number of hydrogen-bond donors (Lipinski definition) is 1. The van der Waals surface area contributed by atoms with Crippen LogP contribution in [0.25, 0.3) is 22.2 Å². The van der Waals surface area contributed by atoms with Gasteiger partial charge in [0.2, 0.25) is 5.88 Å². The van der Waals surface area contributed by atoms with Crippen LogP contribution in [0.3, 0.4) is 0 Å². The Morgan fingerprint density at radius 1 is 1.07 bits per heavy atom. The standard InChI is InChI=1S/C22H17FN4O2/c1-13-14(11-12-18(24-13)15-7-3-5-9-17(15)23)21(28)26-25-20-16-8-4-6-10-19(16)27(2)22(20)29/h3-12,29H,1-2H3. The quantitative estimate of drug-likeness (QED) is 0.483. The van der Waals surface area contributed by atoms with Crippen LogP contribution in [0.4, 0.5) is 10.1 Å². The van der Waals surface area contributed by atoms with Crippen molar-refractivity contribution in [3.8, 4) is 17.1 Å². The molecule has 4 rings (SSSR count). The van der Waals surface area contributed by atoms with Gasteiger partial charge in [-0.25, -0.2) is 4.39 Å². The number of halogens is 1. The summed E-state index contributed by atoms with van der Waals surface area (Å²) in [6.07, 6.45) is 0. The molecule has 0 bridgehead atoms. The summed E-state index contributed by atoms with van der Waals surface area (Å²) in [7, 11) is 1.70. The first-order chi connectivity index (χ1) is 14.0. The van der Waals surface area contributed by atoms with E-state index in [2.05, 4.69) is 15.2 Å². The van der Waals surface area contributed by atoms with Gasteiger partial charge >= 0.3 is 0 Å². The van der Waals surface area contributed by atoms with Crippen LogP contribution in [0.1, 0.15) is 16.1 Å². The number of aromatic nitrogens is 2. The van der Waals surface area contributed by atoms with Gasteiger partial charge in [0.15, 0.2) is 5.69 Å². The highest BCUT2D eigenvalue weighted by Gasteiger charge is 2.16. The Bertz CT molecular complexity index is 1280. The number of azo groups is 1. The molecule has 144 valence electrons. The van der Waals surface area contributed by atoms with Gasteiger partial charge in [-0.1, -0.05) is 30.3 Å². The number of carbonyl (C=O) groups is 1. The van der Waals surface area contributed by atoms with Crippen molar-refractivity contribution in [3.63, 3.8) is 0 Å². The van der Waals surface area contributed by atoms with Crippen LogP contribution in [0.2, 0.25) is 0 Å². The third-order valence-electron chi connectivity index (χ3n) is 4.76. The number of nitrogens with zero attached hydrogens (tertiary/aromatic N) is 4. The molecule has 0 radical (unpaired) electrons. The molecule has 2 aromatic carbocycles. The van der Waals surface area contributed by atoms with Crippen molar-refractivity contribution in [2.45, 2.75) is 6.92 Å². The summed E-state index contributed by atoms with van der Waals surface area (Å²) in [5.74, 6) is -1.06. The molecule has 1 amide bonds. The molecule has 1 N–H and O–H groups in total. The molecule has 0 saturated carbocycles. The minimum atomic E-state index is -0.595. The molecule has 7 heteroatoms. The molecular weight excluding hydrogens is 371 g/mol. The highest BCUT2D eigenvalue weighted by Crippen LogP contribution is 2.37. The second-order valence-corrected chi connectivity index (χ2v) is 6.56. The van der Waals surface area contributed by atoms with Gasteiger partial charge in [-0.05, 0) is 37.3 Å². The maximum Gasteiger partial charge on any atom is 0.297 e. The monoisotopic (exact) mass is 388 g/mol. The van der Waals surface area contributed by atoms with E-state index in [9.17, 15) is 14.3 Å². The lowest BCUT2D eigenvalue weighted by atomic mass is 10.1. The third kappa shape index (κ3) is 3.27. The van der Waals surface area contributed by atoms with E-state index in [-0.39, 0.29) is 22.9 Å². The normalized spacial score (nSPS) is 11.4. The van der Waals surface area contributed by atoms with Crippen LogP contribution in [-0.2, 0) is 7.05 Å². The van der Waals surface area contributed by atoms with Crippen LogP contribution in [0.15, 0.2) is 70.9 Å². The zero-order valence-electron chi connectivity index (χ0n) is 15.8. The van der Waals surface area contributed by atoms with Crippen LogP contribution >= 0.6 is 0 Å². The Hall–Kier alpha value is -3.87. The number of rotatable bonds is 3. The fraction of sp³-hybridized carbons (Fsp3) is 0.0909. The van der Waals surface area contributed by atoms with Crippen molar-refractivity contribution in [3.05, 3.63) is 77.7 Å². The third-order valence-corrected chi connectivity index (χ3v) is 4.76. The maximum atomic E-state index is 14.0. The van der Waals surface area contributed by atoms with Crippen LogP contribution in [0.5, 0.6) is 5.88 Å². The van der Waals surface area contributed by atoms with E-state index >= 15 is 0 Å². The minimum absolute atomic E-state index is 0.0764. The molecule has 0 spiro atoms. The Balaban J connectivity index is 1.66. The van der Waals surface area contributed by atoms with E-state index in [1.807, 2.05) is 18.2 Å². The van der Waals surface area contributed by atoms with Gasteiger partial charge in [0.25, 0.3) is 5.91 Å². The lowest BCUT2D eigenvalue weighted by Crippen LogP contribution is -2.01. The minimum Gasteiger partial charge on any atom is -0.493 e. The predicted octanol–water partition coefficient (Wildman–Crippen LogP) is 5.32. The van der Waals surface area contributed by atoms with E-state index in [0.717, 1.165) is 5.52 Å². The van der Waals surface area contributed by atoms with Gasteiger partial charge in [-0.2, -0.15) is 0 Å². The number of benzene rings is 2. The first-order valence-corrected chi connectivity index (χ1v) is 8.92. The van der Waals surface area contributed by atoms with Crippen molar-refractivity contribution in [1.82, 2.24) is 9.55 Å². The highest BCUT2D eigenvalue weighted by molar-refractivity contribution is 5.98. The number of amides is 1. The summed E-state index contributed by atoms with van der Waals surface area (Å²) in [6.45, 7) is 1.66. The number of fused-ring (bicyclic) bond motifs is 1. The van der Waals surface area contributed by atoms with Gasteiger partial charge in [-0.15, -0.1) is 10.2 Å². The number of pyridine rings is 1. The van der Waals surface area contributed by atoms with Gasteiger partial charge in [0, 0.05) is 18.0 Å². The van der Waals surface area contributed by atoms with E-state index in [4.69, 9.17) is 0 Å². The zero-order chi connectivity index (χ0) is 20.5. The molecule has 6 nitrogen and oxygen atoms in total. The number of aryl methyl sites for hydroxylation is 2. The van der Waals surface area contributed by atoms with E-state index in [1.54, 1.807) is 54.9 Å². The van der Waals surface area contributed by atoms with Crippen LogP contribution in [-0.4, -0.2) is 20.6 Å². The first kappa shape index (κ1) is 18.5. The summed E-state index contributed by atoms with van der Waals surface area (Å²) >= 11 is 0. The Labute approximate surface area is 166 Å². The maximum absolute atomic E-state index is 14.0. The molecule has 29 heavy (non-hydrogen) atoms. The van der Waals surface area contributed by atoms with Crippen molar-refractivity contribution in [2.24, 2.45) is 17.3 Å². The van der Waals surface area contributed by atoms with Gasteiger partial charge in [-0.3, -0.25) is 9.78 Å². The second-order valence-electron chi connectivity index (χ2n) is 6.56. The first-order valence-electron chi connectivity index (χ1n) is 8.92. The Kier molecular flexibility index (Phi) is 4.64. The second kappa shape index (κ2) is 7.27. The highest BCUT2D eigenvalue weighted by atomic mass is 19.1. The summed E-state index contributed by atoms with van der Waals surface area (Å²) in [5.41, 5.74) is 2.46. The van der Waals surface area contributed by atoms with Crippen LogP contribution < -0.4 is 0 Å². The van der Waals surface area contributed by atoms with Crippen LogP contribution in [0, 0.1) is 12.7 Å². The molecule has 0 fully saturated rings. The molecule has 0 aliphatic rings. The molecule has 2 aromatic heterocycles. The molecule has 0 aliphatic heterocycles. The van der Waals surface area contributed by atoms with E-state index in [0.29, 0.717) is 22.3 Å². The molecule has 4 aromatic rings. The summed E-state index contributed by atoms with van der Waals surface area (Å²) < 4.78 is 15.5. The lowest BCUT2D eigenvalue weighted by molar-refractivity contribution is 0.0994. The number of para-hydroxylation sites is 1. The summed E-state index contributed by atoms with van der Waals surface area (Å²) in [4.78, 5) is 16.9. The summed E-state index contributed by atoms with van der Waals surface area (Å²) in [5, 5.41) is 18.7. The average Bonchev–Trinajstić information content (AvgIpc) is 2.97. The smallest absolute Gasteiger partial charge is 0.297 e. The Morgan fingerprint density at radius 3 is 2.55 bits per heavy atom. The molecule has 0 atom stereocenters. The number of carbonyl (C=O) groups excluding carboxylic acids is 1. The SMILES string of the molecule is Cc1nc(-c2ccccc2F)ccc1C(=O)N=Nc1c(O)n(C)c2ccccc12. The predicted molar refractivity (Wildman–Crippen MR) is 108 cm³/mol. The molecule has 0 saturated heterocycles. The molecule has 2 heterocycles. The molecule has 0 aliphatic carbocycles. The number of aromatic hydroxyl groups is 1. The molecule has 0 unspecified atom stereocenters. The van der Waals surface area contributed by atoms with Gasteiger partial charge in [0.1, 0.15) is 5.82 Å². The molecular formula is C22H17FN4O2. The van der Waals surface area contributed by atoms with E-state index in [1.165, 1.54) is 6.07 Å². The van der Waals surface area contributed by atoms with Crippen molar-refractivity contribution >= 4 is 22.5 Å². The zero-order valence-corrected chi connectivity index (χ0v) is 15.8. The van der Waals surface area contributed by atoms with Gasteiger partial charge < -0.3 is 9.67 Å². The fourth-order valence-electron chi connectivity index (χ4n) is 3.21. The Morgan fingerprint density at radius 2 is 1.79 bits per heavy atom. The summed E-state index contributed by atoms with van der Waals surface area (Å²) in [6, 6.07) is 16.7. The largest absolute Gasteiger partial charge is 0.493 e. The van der Waals surface area contributed by atoms with Gasteiger partial charge in [0.05, 0.1) is 22.5 Å². The van der Waals surface area contributed by atoms with E-state index < -0.39 is 5.91 Å².